The van der Waals surface area contributed by atoms with Crippen molar-refractivity contribution in [3.8, 4) is 0 Å². The molecule has 0 aliphatic carbocycles. The van der Waals surface area contributed by atoms with Crippen LogP contribution in [0, 0.1) is 4.91 Å². The Labute approximate surface area is 139 Å². The van der Waals surface area contributed by atoms with Gasteiger partial charge in [0.1, 0.15) is 6.04 Å². The predicted molar refractivity (Wildman–Crippen MR) is 86.3 cm³/mol. The molecule has 0 saturated carbocycles. The Morgan fingerprint density at radius 3 is 2.29 bits per heavy atom. The minimum absolute atomic E-state index is 0.101. The van der Waals surface area contributed by atoms with Gasteiger partial charge in [0.15, 0.2) is 5.60 Å². The van der Waals surface area contributed by atoms with Crippen LogP contribution in [0.15, 0.2) is 29.4 Å². The molecule has 0 radical (unpaired) electrons. The van der Waals surface area contributed by atoms with Crippen LogP contribution in [0.4, 0.5) is 5.69 Å². The summed E-state index contributed by atoms with van der Waals surface area (Å²) in [7, 11) is 0. The number of amides is 1. The van der Waals surface area contributed by atoms with Crippen LogP contribution in [0.2, 0.25) is 0 Å². The smallest absolute Gasteiger partial charge is 0.303 e. The predicted octanol–water partition coefficient (Wildman–Crippen LogP) is 2.64. The number of hydrogen-bond donors (Lipinski definition) is 2. The summed E-state index contributed by atoms with van der Waals surface area (Å²) in [6, 6.07) is 5.54. The van der Waals surface area contributed by atoms with E-state index in [1.165, 1.54) is 20.8 Å². The van der Waals surface area contributed by atoms with Crippen molar-refractivity contribution < 1.29 is 24.2 Å². The Morgan fingerprint density at radius 1 is 1.25 bits per heavy atom. The molecule has 0 aliphatic rings. The molecule has 0 aromatic heterocycles. The summed E-state index contributed by atoms with van der Waals surface area (Å²) >= 11 is 0. The number of carboxylic acids is 1. The summed E-state index contributed by atoms with van der Waals surface area (Å²) in [5.74, 6) is -2.06. The first-order valence-electron chi connectivity index (χ1n) is 7.31. The standard InChI is InChI=1S/C16H20N2O6/c1-10(19)24-16(2,3)15(22)17-12-6-4-11(5-7-12)13(18-23)8-9-14(20)21/h4-7,13H,8-9H2,1-3H3,(H,17,22)(H,20,21). The summed E-state index contributed by atoms with van der Waals surface area (Å²) in [5.41, 5.74) is -0.311. The highest BCUT2D eigenvalue weighted by molar-refractivity contribution is 5.97. The number of carboxylic acid groups (broad SMARTS) is 1. The normalized spacial score (nSPS) is 12.1. The van der Waals surface area contributed by atoms with Gasteiger partial charge in [0.2, 0.25) is 0 Å². The molecule has 24 heavy (non-hydrogen) atoms. The Balaban J connectivity index is 2.76. The van der Waals surface area contributed by atoms with Gasteiger partial charge < -0.3 is 15.2 Å². The molecule has 1 unspecified atom stereocenters. The molecule has 1 aromatic carbocycles. The molecule has 0 saturated heterocycles. The van der Waals surface area contributed by atoms with E-state index < -0.39 is 29.5 Å². The second kappa shape index (κ2) is 8.19. The zero-order chi connectivity index (χ0) is 18.3. The van der Waals surface area contributed by atoms with Crippen LogP contribution in [0.25, 0.3) is 0 Å². The molecule has 0 fully saturated rings. The van der Waals surface area contributed by atoms with E-state index in [-0.39, 0.29) is 12.8 Å². The van der Waals surface area contributed by atoms with Crippen LogP contribution in [-0.2, 0) is 19.1 Å². The van der Waals surface area contributed by atoms with Crippen LogP contribution in [0.3, 0.4) is 0 Å². The number of hydrogen-bond acceptors (Lipinski definition) is 6. The summed E-state index contributed by atoms with van der Waals surface area (Å²) in [6.07, 6.45) is -0.0600. The van der Waals surface area contributed by atoms with Crippen LogP contribution >= 0.6 is 0 Å². The maximum Gasteiger partial charge on any atom is 0.303 e. The summed E-state index contributed by atoms with van der Waals surface area (Å²) in [4.78, 5) is 44.5. The van der Waals surface area contributed by atoms with Gasteiger partial charge >= 0.3 is 11.9 Å². The van der Waals surface area contributed by atoms with Gasteiger partial charge in [0.25, 0.3) is 5.91 Å². The van der Waals surface area contributed by atoms with Crippen molar-refractivity contribution >= 4 is 23.5 Å². The third kappa shape index (κ3) is 5.79. The van der Waals surface area contributed by atoms with E-state index in [9.17, 15) is 19.3 Å². The lowest BCUT2D eigenvalue weighted by atomic mass is 10.0. The van der Waals surface area contributed by atoms with Gasteiger partial charge in [-0.3, -0.25) is 14.4 Å². The van der Waals surface area contributed by atoms with Gasteiger partial charge in [-0.05, 0) is 38.0 Å². The maximum atomic E-state index is 12.1. The Kier molecular flexibility index (Phi) is 6.58. The molecule has 2 N–H and O–H groups in total. The summed E-state index contributed by atoms with van der Waals surface area (Å²) in [5, 5.41) is 14.2. The fourth-order valence-electron chi connectivity index (χ4n) is 2.02. The number of ether oxygens (including phenoxy) is 1. The van der Waals surface area contributed by atoms with Crippen molar-refractivity contribution in [2.45, 2.75) is 45.3 Å². The van der Waals surface area contributed by atoms with Crippen molar-refractivity contribution in [1.82, 2.24) is 0 Å². The van der Waals surface area contributed by atoms with E-state index in [0.717, 1.165) is 0 Å². The molecule has 1 amide bonds. The van der Waals surface area contributed by atoms with Crippen molar-refractivity contribution in [1.29, 1.82) is 0 Å². The first-order chi connectivity index (χ1) is 11.2. The highest BCUT2D eigenvalue weighted by atomic mass is 16.6. The van der Waals surface area contributed by atoms with Gasteiger partial charge in [-0.15, -0.1) is 0 Å². The lowest BCUT2D eigenvalue weighted by Crippen LogP contribution is -2.41. The zero-order valence-electron chi connectivity index (χ0n) is 13.7. The first-order valence-corrected chi connectivity index (χ1v) is 7.31. The lowest BCUT2D eigenvalue weighted by Gasteiger charge is -2.23. The molecular formula is C16H20N2O6. The van der Waals surface area contributed by atoms with E-state index in [1.807, 2.05) is 0 Å². The van der Waals surface area contributed by atoms with E-state index in [0.29, 0.717) is 11.3 Å². The first kappa shape index (κ1) is 19.3. The van der Waals surface area contributed by atoms with Crippen molar-refractivity contribution in [2.75, 3.05) is 5.32 Å². The van der Waals surface area contributed by atoms with Crippen LogP contribution < -0.4 is 5.32 Å². The Morgan fingerprint density at radius 2 is 1.83 bits per heavy atom. The molecule has 0 bridgehead atoms. The lowest BCUT2D eigenvalue weighted by molar-refractivity contribution is -0.160. The van der Waals surface area contributed by atoms with Gasteiger partial charge in [-0.1, -0.05) is 17.3 Å². The largest absolute Gasteiger partial charge is 0.481 e. The topological polar surface area (TPSA) is 122 Å². The van der Waals surface area contributed by atoms with Gasteiger partial charge in [-0.25, -0.2) is 0 Å². The van der Waals surface area contributed by atoms with Gasteiger partial charge in [0, 0.05) is 19.0 Å². The minimum Gasteiger partial charge on any atom is -0.481 e. The minimum atomic E-state index is -1.32. The highest BCUT2D eigenvalue weighted by Gasteiger charge is 2.31. The number of nitroso groups, excluding NO2 is 1. The van der Waals surface area contributed by atoms with E-state index in [1.54, 1.807) is 24.3 Å². The number of carbonyl (C=O) groups excluding carboxylic acids is 2. The fourth-order valence-corrected chi connectivity index (χ4v) is 2.02. The van der Waals surface area contributed by atoms with E-state index >= 15 is 0 Å². The average Bonchev–Trinajstić information content (AvgIpc) is 2.47. The van der Waals surface area contributed by atoms with Crippen molar-refractivity contribution in [2.24, 2.45) is 5.18 Å². The van der Waals surface area contributed by atoms with Crippen molar-refractivity contribution in [3.63, 3.8) is 0 Å². The molecule has 8 heteroatoms. The molecular weight excluding hydrogens is 316 g/mol. The molecule has 8 nitrogen and oxygen atoms in total. The number of esters is 1. The van der Waals surface area contributed by atoms with Crippen molar-refractivity contribution in [3.05, 3.63) is 34.7 Å². The molecule has 0 spiro atoms. The molecule has 0 heterocycles. The Hall–Kier alpha value is -2.77. The summed E-state index contributed by atoms with van der Waals surface area (Å²) in [6.45, 7) is 4.15. The van der Waals surface area contributed by atoms with Crippen LogP contribution in [0.5, 0.6) is 0 Å². The van der Waals surface area contributed by atoms with E-state index in [2.05, 4.69) is 10.5 Å². The SMILES string of the molecule is CC(=O)OC(C)(C)C(=O)Nc1ccc(C(CCC(=O)O)N=O)cc1. The number of carbonyl (C=O) groups is 3. The number of aliphatic carboxylic acids is 1. The average molecular weight is 336 g/mol. The van der Waals surface area contributed by atoms with Gasteiger partial charge in [0.05, 0.1) is 0 Å². The van der Waals surface area contributed by atoms with E-state index in [4.69, 9.17) is 9.84 Å². The fraction of sp³-hybridized carbons (Fsp3) is 0.438. The summed E-state index contributed by atoms with van der Waals surface area (Å²) < 4.78 is 4.94. The number of nitrogens with zero attached hydrogens (tertiary/aromatic N) is 1. The number of anilines is 1. The molecule has 130 valence electrons. The zero-order valence-corrected chi connectivity index (χ0v) is 13.7. The number of nitrogens with one attached hydrogen (secondary N) is 1. The number of benzene rings is 1. The monoisotopic (exact) mass is 336 g/mol. The van der Waals surface area contributed by atoms with Gasteiger partial charge in [-0.2, -0.15) is 4.91 Å². The molecule has 1 atom stereocenters. The molecule has 1 rings (SSSR count). The second-order valence-electron chi connectivity index (χ2n) is 5.73. The third-order valence-corrected chi connectivity index (χ3v) is 3.26. The number of rotatable bonds is 8. The highest BCUT2D eigenvalue weighted by Crippen LogP contribution is 2.24. The second-order valence-corrected chi connectivity index (χ2v) is 5.73. The third-order valence-electron chi connectivity index (χ3n) is 3.26. The quantitative estimate of drug-likeness (QED) is 0.556. The van der Waals surface area contributed by atoms with Crippen LogP contribution in [0.1, 0.15) is 45.2 Å². The Bertz CT molecular complexity index is 624. The molecule has 0 aliphatic heterocycles. The van der Waals surface area contributed by atoms with Crippen LogP contribution in [-0.4, -0.2) is 28.6 Å². The maximum absolute atomic E-state index is 12.1. The molecule has 1 aromatic rings.